The Kier molecular flexibility index (Phi) is 4.11. The van der Waals surface area contributed by atoms with E-state index in [4.69, 9.17) is 5.73 Å². The summed E-state index contributed by atoms with van der Waals surface area (Å²) >= 11 is 0. The molecule has 1 atom stereocenters. The lowest BCUT2D eigenvalue weighted by Gasteiger charge is -2.35. The van der Waals surface area contributed by atoms with E-state index in [0.717, 1.165) is 5.56 Å². The first kappa shape index (κ1) is 13.5. The largest absolute Gasteiger partial charge is 0.370 e. The van der Waals surface area contributed by atoms with Crippen molar-refractivity contribution in [2.24, 2.45) is 5.73 Å². The lowest BCUT2D eigenvalue weighted by molar-refractivity contribution is -0.136. The molecule has 5 nitrogen and oxygen atoms in total. The SMILES string of the molecule is NC(=O)CC1CNCC(=O)N1Cc1ccc(F)cc1. The third kappa shape index (κ3) is 3.51. The van der Waals surface area contributed by atoms with Gasteiger partial charge in [0.1, 0.15) is 5.82 Å². The van der Waals surface area contributed by atoms with Crippen molar-refractivity contribution in [3.63, 3.8) is 0 Å². The molecule has 1 unspecified atom stereocenters. The van der Waals surface area contributed by atoms with Crippen LogP contribution in [0.4, 0.5) is 4.39 Å². The molecule has 0 aliphatic carbocycles. The first-order valence-electron chi connectivity index (χ1n) is 6.09. The molecule has 2 rings (SSSR count). The second-order valence-corrected chi connectivity index (χ2v) is 4.60. The van der Waals surface area contributed by atoms with Crippen LogP contribution in [-0.2, 0) is 16.1 Å². The monoisotopic (exact) mass is 265 g/mol. The third-order valence-electron chi connectivity index (χ3n) is 3.12. The van der Waals surface area contributed by atoms with E-state index in [-0.39, 0.29) is 30.7 Å². The Bertz CT molecular complexity index is 475. The van der Waals surface area contributed by atoms with Gasteiger partial charge in [-0.3, -0.25) is 9.59 Å². The maximum absolute atomic E-state index is 12.8. The van der Waals surface area contributed by atoms with Gasteiger partial charge < -0.3 is 16.0 Å². The van der Waals surface area contributed by atoms with Crippen molar-refractivity contribution in [3.05, 3.63) is 35.6 Å². The van der Waals surface area contributed by atoms with Crippen molar-refractivity contribution in [1.29, 1.82) is 0 Å². The highest BCUT2D eigenvalue weighted by molar-refractivity contribution is 5.81. The molecular weight excluding hydrogens is 249 g/mol. The minimum atomic E-state index is -0.439. The van der Waals surface area contributed by atoms with Crippen molar-refractivity contribution in [2.45, 2.75) is 19.0 Å². The predicted molar refractivity (Wildman–Crippen MR) is 67.4 cm³/mol. The van der Waals surface area contributed by atoms with Gasteiger partial charge in [-0.25, -0.2) is 4.39 Å². The average Bonchev–Trinajstić information content (AvgIpc) is 2.35. The molecule has 3 N–H and O–H groups in total. The van der Waals surface area contributed by atoms with Crippen molar-refractivity contribution in [3.8, 4) is 0 Å². The van der Waals surface area contributed by atoms with E-state index in [1.807, 2.05) is 0 Å². The first-order valence-corrected chi connectivity index (χ1v) is 6.09. The van der Waals surface area contributed by atoms with Gasteiger partial charge in [0.2, 0.25) is 11.8 Å². The van der Waals surface area contributed by atoms with Crippen LogP contribution in [0.5, 0.6) is 0 Å². The molecule has 0 bridgehead atoms. The number of nitrogens with one attached hydrogen (secondary N) is 1. The number of hydrogen-bond donors (Lipinski definition) is 2. The zero-order valence-corrected chi connectivity index (χ0v) is 10.4. The Labute approximate surface area is 110 Å². The van der Waals surface area contributed by atoms with Gasteiger partial charge in [0, 0.05) is 19.5 Å². The van der Waals surface area contributed by atoms with Crippen molar-refractivity contribution in [2.75, 3.05) is 13.1 Å². The molecule has 19 heavy (non-hydrogen) atoms. The number of carbonyl (C=O) groups is 2. The van der Waals surface area contributed by atoms with Crippen molar-refractivity contribution >= 4 is 11.8 Å². The summed E-state index contributed by atoms with van der Waals surface area (Å²) in [5, 5.41) is 2.96. The predicted octanol–water partition coefficient (Wildman–Crippen LogP) is 0.00150. The molecule has 2 amide bonds. The summed E-state index contributed by atoms with van der Waals surface area (Å²) in [6.07, 6.45) is 0.125. The van der Waals surface area contributed by atoms with E-state index in [1.165, 1.54) is 12.1 Å². The number of piperazine rings is 1. The molecule has 1 aliphatic heterocycles. The maximum Gasteiger partial charge on any atom is 0.237 e. The first-order chi connectivity index (χ1) is 9.06. The van der Waals surface area contributed by atoms with Gasteiger partial charge in [-0.15, -0.1) is 0 Å². The van der Waals surface area contributed by atoms with Crippen LogP contribution in [0.3, 0.4) is 0 Å². The Balaban J connectivity index is 2.10. The topological polar surface area (TPSA) is 75.4 Å². The second-order valence-electron chi connectivity index (χ2n) is 4.60. The smallest absolute Gasteiger partial charge is 0.237 e. The summed E-state index contributed by atoms with van der Waals surface area (Å²) < 4.78 is 12.8. The van der Waals surface area contributed by atoms with Gasteiger partial charge in [0.05, 0.1) is 12.6 Å². The van der Waals surface area contributed by atoms with Crippen molar-refractivity contribution in [1.82, 2.24) is 10.2 Å². The fourth-order valence-corrected chi connectivity index (χ4v) is 2.18. The van der Waals surface area contributed by atoms with Gasteiger partial charge in [-0.1, -0.05) is 12.1 Å². The Morgan fingerprint density at radius 1 is 1.42 bits per heavy atom. The molecule has 102 valence electrons. The molecule has 6 heteroatoms. The lowest BCUT2D eigenvalue weighted by atomic mass is 10.1. The molecule has 1 aliphatic rings. The Morgan fingerprint density at radius 2 is 2.11 bits per heavy atom. The highest BCUT2D eigenvalue weighted by Gasteiger charge is 2.28. The minimum absolute atomic E-state index is 0.0816. The maximum atomic E-state index is 12.8. The van der Waals surface area contributed by atoms with E-state index >= 15 is 0 Å². The molecule has 0 radical (unpaired) electrons. The van der Waals surface area contributed by atoms with Crippen LogP contribution in [0.25, 0.3) is 0 Å². The molecule has 0 saturated carbocycles. The van der Waals surface area contributed by atoms with Crippen LogP contribution in [0.2, 0.25) is 0 Å². The van der Waals surface area contributed by atoms with Crippen LogP contribution in [0.15, 0.2) is 24.3 Å². The van der Waals surface area contributed by atoms with E-state index in [2.05, 4.69) is 5.32 Å². The van der Waals surface area contributed by atoms with E-state index in [0.29, 0.717) is 13.1 Å². The molecular formula is C13H16FN3O2. The normalized spacial score (nSPS) is 19.5. The van der Waals surface area contributed by atoms with Gasteiger partial charge >= 0.3 is 0 Å². The van der Waals surface area contributed by atoms with Crippen LogP contribution < -0.4 is 11.1 Å². The number of carbonyl (C=O) groups excluding carboxylic acids is 2. The number of amides is 2. The van der Waals surface area contributed by atoms with E-state index in [1.54, 1.807) is 17.0 Å². The average molecular weight is 265 g/mol. The molecule has 1 aromatic carbocycles. The van der Waals surface area contributed by atoms with Gasteiger partial charge in [-0.05, 0) is 17.7 Å². The van der Waals surface area contributed by atoms with Crippen LogP contribution in [-0.4, -0.2) is 35.8 Å². The van der Waals surface area contributed by atoms with Crippen LogP contribution >= 0.6 is 0 Å². The third-order valence-corrected chi connectivity index (χ3v) is 3.12. The lowest BCUT2D eigenvalue weighted by Crippen LogP contribution is -2.55. The van der Waals surface area contributed by atoms with Gasteiger partial charge in [0.15, 0.2) is 0 Å². The number of primary amides is 1. The molecule has 0 spiro atoms. The summed E-state index contributed by atoms with van der Waals surface area (Å²) in [7, 11) is 0. The second kappa shape index (κ2) is 5.79. The molecule has 0 aromatic heterocycles. The quantitative estimate of drug-likeness (QED) is 0.804. The summed E-state index contributed by atoms with van der Waals surface area (Å²) in [4.78, 5) is 24.5. The zero-order chi connectivity index (χ0) is 13.8. The minimum Gasteiger partial charge on any atom is -0.370 e. The number of benzene rings is 1. The number of nitrogens with two attached hydrogens (primary N) is 1. The highest BCUT2D eigenvalue weighted by atomic mass is 19.1. The summed E-state index contributed by atoms with van der Waals surface area (Å²) in [6.45, 7) is 1.14. The van der Waals surface area contributed by atoms with E-state index in [9.17, 15) is 14.0 Å². The van der Waals surface area contributed by atoms with Gasteiger partial charge in [-0.2, -0.15) is 0 Å². The number of hydrogen-bond acceptors (Lipinski definition) is 3. The summed E-state index contributed by atoms with van der Waals surface area (Å²) in [5.41, 5.74) is 6.02. The summed E-state index contributed by atoms with van der Waals surface area (Å²) in [5.74, 6) is -0.837. The number of rotatable bonds is 4. The molecule has 1 saturated heterocycles. The fourth-order valence-electron chi connectivity index (χ4n) is 2.18. The number of nitrogens with zero attached hydrogens (tertiary/aromatic N) is 1. The fraction of sp³-hybridized carbons (Fsp3) is 0.385. The standard InChI is InChI=1S/C13H16FN3O2/c14-10-3-1-9(2-4-10)8-17-11(5-12(15)18)6-16-7-13(17)19/h1-4,11,16H,5-8H2,(H2,15,18). The Morgan fingerprint density at radius 3 is 2.74 bits per heavy atom. The molecule has 1 aromatic rings. The van der Waals surface area contributed by atoms with E-state index < -0.39 is 5.91 Å². The molecule has 1 fully saturated rings. The zero-order valence-electron chi connectivity index (χ0n) is 10.4. The van der Waals surface area contributed by atoms with Crippen molar-refractivity contribution < 1.29 is 14.0 Å². The Hall–Kier alpha value is -1.95. The van der Waals surface area contributed by atoms with Crippen LogP contribution in [0, 0.1) is 5.82 Å². The molecule has 1 heterocycles. The summed E-state index contributed by atoms with van der Waals surface area (Å²) in [6, 6.07) is 5.72. The number of halogens is 1. The van der Waals surface area contributed by atoms with Crippen LogP contribution in [0.1, 0.15) is 12.0 Å². The van der Waals surface area contributed by atoms with Gasteiger partial charge in [0.25, 0.3) is 0 Å². The highest BCUT2D eigenvalue weighted by Crippen LogP contribution is 2.14.